The van der Waals surface area contributed by atoms with Gasteiger partial charge in [-0.2, -0.15) is 0 Å². The van der Waals surface area contributed by atoms with Gasteiger partial charge in [-0.1, -0.05) is 0 Å². The van der Waals surface area contributed by atoms with Crippen molar-refractivity contribution in [1.29, 1.82) is 0 Å². The van der Waals surface area contributed by atoms with Crippen molar-refractivity contribution in [3.05, 3.63) is 0 Å². The van der Waals surface area contributed by atoms with Crippen LogP contribution in [0, 0.1) is 0 Å². The van der Waals surface area contributed by atoms with Gasteiger partial charge in [0.25, 0.3) is 0 Å². The Morgan fingerprint density at radius 1 is 0.571 bits per heavy atom. The fraction of sp³-hybridized carbons (Fsp3) is 0.143. The Labute approximate surface area is 74.8 Å². The van der Waals surface area contributed by atoms with Crippen molar-refractivity contribution in [2.45, 2.75) is 5.31 Å². The Balaban J connectivity index is 7.14. The van der Waals surface area contributed by atoms with E-state index in [9.17, 15) is 28.8 Å². The normalized spacial score (nSPS) is 18.5. The van der Waals surface area contributed by atoms with E-state index in [4.69, 9.17) is 0 Å². The van der Waals surface area contributed by atoms with E-state index in [1.807, 2.05) is 0 Å². The molecule has 0 N–H and O–H groups in total. The third-order valence-corrected chi connectivity index (χ3v) is 18.4. The second-order valence-electron chi connectivity index (χ2n) is 4.03. The van der Waals surface area contributed by atoms with E-state index >= 15 is 0 Å². The maximum atomic E-state index is 10.9. The number of hydrogen-bond donors (Lipinski definition) is 0. The van der Waals surface area contributed by atoms with Crippen molar-refractivity contribution in [3.63, 3.8) is 0 Å². The molecule has 0 aromatic rings. The van der Waals surface area contributed by atoms with Crippen LogP contribution in [0.3, 0.4) is 0 Å². The zero-order valence-corrected chi connectivity index (χ0v) is 10.3. The zero-order chi connectivity index (χ0) is 11.6. The second kappa shape index (κ2) is 2.03. The molecule has 14 heavy (non-hydrogen) atoms. The molecule has 0 rings (SSSR count). The van der Waals surface area contributed by atoms with Gasteiger partial charge in [0.15, 0.2) is 0 Å². The Hall–Kier alpha value is -1.29. The number of carbonyl (C=O) groups excluding carboxylic acids is 6. The van der Waals surface area contributed by atoms with Crippen LogP contribution in [0.5, 0.6) is 0 Å². The molecular weight excluding hydrogens is 364 g/mol. The molecule has 0 aromatic heterocycles. The first-order valence-corrected chi connectivity index (χ1v) is 16.3. The van der Waals surface area contributed by atoms with Gasteiger partial charge in [0.1, 0.15) is 0 Å². The molecule has 0 heterocycles. The molecule has 0 bridgehead atoms. The summed E-state index contributed by atoms with van der Waals surface area (Å²) in [6.07, 6.45) is 0. The van der Waals surface area contributed by atoms with Gasteiger partial charge in [-0.15, -0.1) is 0 Å². The van der Waals surface area contributed by atoms with Crippen LogP contribution in [-0.2, 0) is 41.1 Å². The van der Waals surface area contributed by atoms with E-state index in [1.54, 1.807) is 0 Å². The summed E-state index contributed by atoms with van der Waals surface area (Å²) < 4.78 is -2.23. The van der Waals surface area contributed by atoms with Crippen molar-refractivity contribution < 1.29 is 41.1 Å². The molecule has 0 atom stereocenters. The van der Waals surface area contributed by atoms with E-state index in [0.29, 0.717) is 5.31 Å². The van der Waals surface area contributed by atoms with Crippen LogP contribution >= 0.6 is 0 Å². The van der Waals surface area contributed by atoms with Crippen LogP contribution < -0.4 is 0 Å². The van der Waals surface area contributed by atoms with Crippen LogP contribution in [-0.4, -0.2) is 28.1 Å². The van der Waals surface area contributed by atoms with Gasteiger partial charge in [-0.05, 0) is 0 Å². The summed E-state index contributed by atoms with van der Waals surface area (Å²) in [5.41, 5.74) is 0. The van der Waals surface area contributed by atoms with Crippen molar-refractivity contribution in [2.24, 2.45) is 0 Å². The first-order chi connectivity index (χ1) is 6.22. The minimum absolute atomic E-state index is 0.372. The average Bonchev–Trinajstić information content (AvgIpc) is 2.31. The summed E-state index contributed by atoms with van der Waals surface area (Å²) in [5, 5.41) is 0.565. The van der Waals surface area contributed by atoms with Crippen LogP contribution in [0.1, 0.15) is 0 Å². The summed E-state index contributed by atoms with van der Waals surface area (Å²) in [4.78, 5) is 65.3. The van der Waals surface area contributed by atoms with Gasteiger partial charge in [0, 0.05) is 0 Å². The molecule has 6 nitrogen and oxygen atoms in total. The molecule has 7 heteroatoms. The van der Waals surface area contributed by atoms with Crippen LogP contribution in [0.15, 0.2) is 0 Å². The fourth-order valence-corrected chi connectivity index (χ4v) is 2.78. The van der Waals surface area contributed by atoms with Gasteiger partial charge in [-0.3, -0.25) is 0 Å². The van der Waals surface area contributed by atoms with Gasteiger partial charge in [0.05, 0.1) is 0 Å². The molecule has 0 amide bonds. The van der Waals surface area contributed by atoms with Gasteiger partial charge in [-0.25, -0.2) is 0 Å². The third kappa shape index (κ3) is 0.838. The topological polar surface area (TPSA) is 102 Å². The van der Waals surface area contributed by atoms with Crippen molar-refractivity contribution in [3.8, 4) is 0 Å². The average molecular weight is 373 g/mol. The Kier molecular flexibility index (Phi) is 1.84. The first kappa shape index (κ1) is 12.7. The Morgan fingerprint density at radius 3 is 0.714 bits per heavy atom. The Morgan fingerprint density at radius 2 is 0.714 bits per heavy atom. The molecule has 0 saturated heterocycles. The van der Waals surface area contributed by atoms with E-state index in [1.165, 1.54) is 0 Å². The van der Waals surface area contributed by atoms with Crippen molar-refractivity contribution in [2.75, 3.05) is 0 Å². The quantitative estimate of drug-likeness (QED) is 0.550. The monoisotopic (exact) mass is 373 g/mol. The fourth-order valence-electron chi connectivity index (χ4n) is 0.340. The Bertz CT molecular complexity index is 298. The summed E-state index contributed by atoms with van der Waals surface area (Å²) in [6.45, 7) is 0. The maximum absolute atomic E-state index is 10.9. The molecule has 79 valence electrons. The number of rotatable bonds is 6. The minimum atomic E-state index is -7.35. The molecule has 0 aliphatic carbocycles. The molecule has 0 aliphatic heterocycles. The van der Waals surface area contributed by atoms with Gasteiger partial charge >= 0.3 is 74.4 Å². The SMILES string of the molecule is [CH3][W]([CH]=O)([CH]=O)([CH]=O)([CH]=O)([CH]=O)[CH]=O. The summed E-state index contributed by atoms with van der Waals surface area (Å²) in [7, 11) is 0. The molecule has 0 aromatic carbocycles. The van der Waals surface area contributed by atoms with Gasteiger partial charge in [0.2, 0.25) is 0 Å². The van der Waals surface area contributed by atoms with Crippen molar-refractivity contribution >= 4 is 28.1 Å². The molecule has 0 saturated carbocycles. The molecule has 0 aliphatic rings. The molecule has 0 spiro atoms. The second-order valence-corrected chi connectivity index (χ2v) is 33.0. The van der Waals surface area contributed by atoms with E-state index in [-0.39, 0.29) is 28.1 Å². The van der Waals surface area contributed by atoms with Gasteiger partial charge < -0.3 is 0 Å². The van der Waals surface area contributed by atoms with Crippen LogP contribution in [0.25, 0.3) is 0 Å². The standard InChI is InChI=1S/6CHO.CH3.W/c6*1-2;;/h6*1H;1H3;. The van der Waals surface area contributed by atoms with Crippen LogP contribution in [0.2, 0.25) is 5.31 Å². The van der Waals surface area contributed by atoms with Crippen molar-refractivity contribution in [1.82, 2.24) is 0 Å². The number of hydrogen-bond acceptors (Lipinski definition) is 6. The molecule has 0 fully saturated rings. The molecule has 0 unspecified atom stereocenters. The predicted molar refractivity (Wildman–Crippen MR) is 46.4 cm³/mol. The summed E-state index contributed by atoms with van der Waals surface area (Å²) in [6, 6.07) is 0. The summed E-state index contributed by atoms with van der Waals surface area (Å²) in [5.74, 6) is 0. The van der Waals surface area contributed by atoms with E-state index in [0.717, 1.165) is 0 Å². The first-order valence-electron chi connectivity index (χ1n) is 3.24. The van der Waals surface area contributed by atoms with E-state index < -0.39 is 12.3 Å². The predicted octanol–water partition coefficient (Wildman–Crippen LogP) is -1.06. The summed E-state index contributed by atoms with van der Waals surface area (Å²) >= 11 is -7.35. The van der Waals surface area contributed by atoms with Crippen LogP contribution in [0.4, 0.5) is 0 Å². The molecule has 0 radical (unpaired) electrons. The third-order valence-electron chi connectivity index (χ3n) is 2.24. The number of carbonyl (C=O) groups is 6. The van der Waals surface area contributed by atoms with E-state index in [2.05, 4.69) is 0 Å². The molecular formula is C7H9O6W. The zero-order valence-electron chi connectivity index (χ0n) is 7.32.